The molecule has 0 spiro atoms. The molecule has 1 saturated carbocycles. The van der Waals surface area contributed by atoms with Gasteiger partial charge >= 0.3 is 6.18 Å². The Labute approximate surface area is 140 Å². The lowest BCUT2D eigenvalue weighted by atomic mass is 10.2. The van der Waals surface area contributed by atoms with Gasteiger partial charge in [-0.1, -0.05) is 34.1 Å². The van der Waals surface area contributed by atoms with E-state index in [4.69, 9.17) is 0 Å². The van der Waals surface area contributed by atoms with Gasteiger partial charge in [0, 0.05) is 15.8 Å². The van der Waals surface area contributed by atoms with Crippen LogP contribution >= 0.6 is 15.9 Å². The fraction of sp³-hybridized carbons (Fsp3) is 0.176. The van der Waals surface area contributed by atoms with Crippen LogP contribution in [-0.2, 0) is 6.18 Å². The molecule has 0 atom stereocenters. The van der Waals surface area contributed by atoms with E-state index in [1.54, 1.807) is 6.07 Å². The Hall–Kier alpha value is -1.95. The summed E-state index contributed by atoms with van der Waals surface area (Å²) in [5.41, 5.74) is 1.77. The van der Waals surface area contributed by atoms with Gasteiger partial charge in [0.15, 0.2) is 0 Å². The van der Waals surface area contributed by atoms with E-state index >= 15 is 0 Å². The molecule has 1 aliphatic carbocycles. The van der Waals surface area contributed by atoms with Crippen LogP contribution in [0.2, 0.25) is 0 Å². The summed E-state index contributed by atoms with van der Waals surface area (Å²) in [5, 5.41) is 6.31. The minimum absolute atomic E-state index is 0.0344. The number of benzene rings is 2. The highest BCUT2D eigenvalue weighted by molar-refractivity contribution is 9.10. The quantitative estimate of drug-likeness (QED) is 0.677. The fourth-order valence-electron chi connectivity index (χ4n) is 2.15. The molecule has 0 amide bonds. The summed E-state index contributed by atoms with van der Waals surface area (Å²) in [6, 6.07) is 13.7. The van der Waals surface area contributed by atoms with E-state index in [0.29, 0.717) is 5.69 Å². The molecule has 0 unspecified atom stereocenters. The number of halogens is 4. The predicted molar refractivity (Wildman–Crippen MR) is 89.1 cm³/mol. The maximum absolute atomic E-state index is 13.0. The predicted octanol–water partition coefficient (Wildman–Crippen LogP) is 6.00. The van der Waals surface area contributed by atoms with Crippen molar-refractivity contribution in [3.8, 4) is 0 Å². The van der Waals surface area contributed by atoms with Crippen molar-refractivity contribution in [1.82, 2.24) is 0 Å². The monoisotopic (exact) mass is 382 g/mol. The minimum Gasteiger partial charge on any atom is -0.342 e. The molecule has 1 aliphatic rings. The molecule has 0 radical (unpaired) electrons. The standard InChI is InChI=1S/C17H14BrF3N2/c18-15-9-8-13(10-14(15)17(19,20)21)23-16(11-6-7-11)22-12-4-2-1-3-5-12/h1-5,8-10,22-23H,6-7H2. The van der Waals surface area contributed by atoms with Crippen LogP contribution in [0.15, 0.2) is 64.4 Å². The van der Waals surface area contributed by atoms with Crippen LogP contribution in [0.3, 0.4) is 0 Å². The second-order valence-corrected chi connectivity index (χ2v) is 6.14. The zero-order chi connectivity index (χ0) is 16.4. The molecule has 0 heterocycles. The van der Waals surface area contributed by atoms with Crippen LogP contribution in [0.1, 0.15) is 18.4 Å². The summed E-state index contributed by atoms with van der Waals surface area (Å²) in [7, 11) is 0. The number of anilines is 2. The highest BCUT2D eigenvalue weighted by Gasteiger charge is 2.33. The number of para-hydroxylation sites is 1. The number of hydrogen-bond acceptors (Lipinski definition) is 2. The van der Waals surface area contributed by atoms with E-state index in [1.807, 2.05) is 30.3 Å². The van der Waals surface area contributed by atoms with Crippen molar-refractivity contribution in [3.05, 3.63) is 70.0 Å². The molecule has 120 valence electrons. The van der Waals surface area contributed by atoms with Crippen molar-refractivity contribution in [3.63, 3.8) is 0 Å². The number of rotatable bonds is 4. The Morgan fingerprint density at radius 2 is 1.57 bits per heavy atom. The zero-order valence-corrected chi connectivity index (χ0v) is 13.6. The normalized spacial score (nSPS) is 13.7. The number of allylic oxidation sites excluding steroid dienone is 1. The van der Waals surface area contributed by atoms with Gasteiger partial charge in [-0.25, -0.2) is 0 Å². The molecule has 1 fully saturated rings. The van der Waals surface area contributed by atoms with Gasteiger partial charge in [-0.05, 0) is 48.7 Å². The van der Waals surface area contributed by atoms with Crippen LogP contribution in [0.25, 0.3) is 0 Å². The van der Waals surface area contributed by atoms with Crippen LogP contribution < -0.4 is 10.6 Å². The third kappa shape index (κ3) is 4.07. The summed E-state index contributed by atoms with van der Waals surface area (Å²) >= 11 is 2.95. The SMILES string of the molecule is FC(F)(F)c1cc(NC(Nc2ccccc2)=C2CC2)ccc1Br. The fourth-order valence-corrected chi connectivity index (χ4v) is 2.62. The average Bonchev–Trinajstić information content (AvgIpc) is 3.33. The van der Waals surface area contributed by atoms with Crippen LogP contribution in [-0.4, -0.2) is 0 Å². The largest absolute Gasteiger partial charge is 0.417 e. The topological polar surface area (TPSA) is 24.1 Å². The average molecular weight is 383 g/mol. The van der Waals surface area contributed by atoms with Gasteiger partial charge in [-0.3, -0.25) is 0 Å². The summed E-state index contributed by atoms with van der Waals surface area (Å²) in [5.74, 6) is 0.756. The van der Waals surface area contributed by atoms with Gasteiger partial charge in [0.2, 0.25) is 0 Å². The first-order chi connectivity index (χ1) is 10.9. The summed E-state index contributed by atoms with van der Waals surface area (Å²) < 4.78 is 39.0. The number of hydrogen-bond donors (Lipinski definition) is 2. The van der Waals surface area contributed by atoms with E-state index in [9.17, 15) is 13.2 Å². The van der Waals surface area contributed by atoms with E-state index in [-0.39, 0.29) is 4.47 Å². The van der Waals surface area contributed by atoms with Crippen molar-refractivity contribution < 1.29 is 13.2 Å². The van der Waals surface area contributed by atoms with E-state index in [2.05, 4.69) is 26.6 Å². The van der Waals surface area contributed by atoms with E-state index < -0.39 is 11.7 Å². The molecule has 6 heteroatoms. The Kier molecular flexibility index (Phi) is 4.35. The maximum Gasteiger partial charge on any atom is 0.417 e. The van der Waals surface area contributed by atoms with Crippen molar-refractivity contribution in [2.45, 2.75) is 19.0 Å². The first-order valence-corrected chi connectivity index (χ1v) is 7.90. The summed E-state index contributed by atoms with van der Waals surface area (Å²) in [6.07, 6.45) is -2.49. The first-order valence-electron chi connectivity index (χ1n) is 7.11. The lowest BCUT2D eigenvalue weighted by Crippen LogP contribution is -2.12. The van der Waals surface area contributed by atoms with Crippen molar-refractivity contribution >= 4 is 27.3 Å². The van der Waals surface area contributed by atoms with Crippen LogP contribution in [0.5, 0.6) is 0 Å². The van der Waals surface area contributed by atoms with Crippen molar-refractivity contribution in [2.75, 3.05) is 10.6 Å². The van der Waals surface area contributed by atoms with E-state index in [1.165, 1.54) is 11.6 Å². The van der Waals surface area contributed by atoms with Gasteiger partial charge < -0.3 is 10.6 Å². The third-order valence-electron chi connectivity index (χ3n) is 3.44. The van der Waals surface area contributed by atoms with Crippen molar-refractivity contribution in [2.24, 2.45) is 0 Å². The first kappa shape index (κ1) is 15.9. The minimum atomic E-state index is -4.39. The molecule has 3 rings (SSSR count). The van der Waals surface area contributed by atoms with Gasteiger partial charge in [0.1, 0.15) is 5.82 Å². The molecule has 2 aromatic carbocycles. The Balaban J connectivity index is 1.84. The van der Waals surface area contributed by atoms with Gasteiger partial charge in [-0.15, -0.1) is 0 Å². The Bertz CT molecular complexity index is 733. The molecule has 2 N–H and O–H groups in total. The van der Waals surface area contributed by atoms with Crippen LogP contribution in [0.4, 0.5) is 24.5 Å². The molecule has 0 aliphatic heterocycles. The molecule has 23 heavy (non-hydrogen) atoms. The second kappa shape index (κ2) is 6.28. The van der Waals surface area contributed by atoms with Crippen LogP contribution in [0, 0.1) is 0 Å². The molecule has 0 saturated heterocycles. The molecular weight excluding hydrogens is 369 g/mol. The van der Waals surface area contributed by atoms with Gasteiger partial charge in [0.05, 0.1) is 5.56 Å². The molecular formula is C17H14BrF3N2. The lowest BCUT2D eigenvalue weighted by Gasteiger charge is -2.16. The van der Waals surface area contributed by atoms with E-state index in [0.717, 1.165) is 30.4 Å². The third-order valence-corrected chi connectivity index (χ3v) is 4.13. The molecule has 0 bridgehead atoms. The zero-order valence-electron chi connectivity index (χ0n) is 12.0. The second-order valence-electron chi connectivity index (χ2n) is 5.29. The highest BCUT2D eigenvalue weighted by Crippen LogP contribution is 2.37. The highest BCUT2D eigenvalue weighted by atomic mass is 79.9. The molecule has 2 nitrogen and oxygen atoms in total. The number of alkyl halides is 3. The summed E-state index contributed by atoms with van der Waals surface area (Å²) in [4.78, 5) is 0. The Morgan fingerprint density at radius 3 is 2.17 bits per heavy atom. The smallest absolute Gasteiger partial charge is 0.342 e. The molecule has 0 aromatic heterocycles. The molecule has 2 aromatic rings. The van der Waals surface area contributed by atoms with Gasteiger partial charge in [-0.2, -0.15) is 13.2 Å². The maximum atomic E-state index is 13.0. The van der Waals surface area contributed by atoms with Gasteiger partial charge in [0.25, 0.3) is 0 Å². The summed E-state index contributed by atoms with van der Waals surface area (Å²) in [6.45, 7) is 0. The Morgan fingerprint density at radius 1 is 0.913 bits per heavy atom. The van der Waals surface area contributed by atoms with Crippen molar-refractivity contribution in [1.29, 1.82) is 0 Å². The number of nitrogens with one attached hydrogen (secondary N) is 2. The lowest BCUT2D eigenvalue weighted by molar-refractivity contribution is -0.138.